The van der Waals surface area contributed by atoms with Gasteiger partial charge in [-0.2, -0.15) is 0 Å². The molecule has 0 aliphatic rings. The first-order chi connectivity index (χ1) is 13.8. The molecule has 0 heterocycles. The second kappa shape index (κ2) is 10.7. The van der Waals surface area contributed by atoms with Gasteiger partial charge in [-0.3, -0.25) is 4.79 Å². The highest BCUT2D eigenvalue weighted by atomic mass is 16.5. The molecule has 3 aromatic carbocycles. The number of anilines is 1. The van der Waals surface area contributed by atoms with Crippen LogP contribution >= 0.6 is 0 Å². The Morgan fingerprint density at radius 2 is 1.29 bits per heavy atom. The number of ether oxygens (including phenoxy) is 2. The number of para-hydroxylation sites is 1. The van der Waals surface area contributed by atoms with Crippen molar-refractivity contribution in [2.45, 2.75) is 6.54 Å². The summed E-state index contributed by atoms with van der Waals surface area (Å²) < 4.78 is 11.2. The third kappa shape index (κ3) is 6.78. The normalized spacial score (nSPS) is 10.3. The summed E-state index contributed by atoms with van der Waals surface area (Å²) in [7, 11) is 0. The quantitative estimate of drug-likeness (QED) is 0.527. The third-order valence-electron chi connectivity index (χ3n) is 3.96. The maximum absolute atomic E-state index is 12.0. The van der Waals surface area contributed by atoms with Gasteiger partial charge < -0.3 is 20.1 Å². The fraction of sp³-hybridized carbons (Fsp3) is 0.174. The zero-order chi connectivity index (χ0) is 19.4. The molecule has 0 fully saturated rings. The Balaban J connectivity index is 1.33. The van der Waals surface area contributed by atoms with E-state index in [4.69, 9.17) is 9.47 Å². The van der Waals surface area contributed by atoms with Crippen molar-refractivity contribution in [1.29, 1.82) is 0 Å². The smallest absolute Gasteiger partial charge is 0.238 e. The second-order valence-corrected chi connectivity index (χ2v) is 6.17. The molecule has 0 radical (unpaired) electrons. The molecule has 0 unspecified atom stereocenters. The van der Waals surface area contributed by atoms with Crippen molar-refractivity contribution in [2.24, 2.45) is 0 Å². The SMILES string of the molecule is O=C(CNCc1ccccc1)Nc1ccc(OCCOc2ccccc2)cc1. The molecule has 5 nitrogen and oxygen atoms in total. The van der Waals surface area contributed by atoms with Gasteiger partial charge in [-0.05, 0) is 42.0 Å². The molecule has 0 saturated heterocycles. The van der Waals surface area contributed by atoms with E-state index in [2.05, 4.69) is 10.6 Å². The maximum atomic E-state index is 12.0. The summed E-state index contributed by atoms with van der Waals surface area (Å²) in [6.07, 6.45) is 0. The average Bonchev–Trinajstić information content (AvgIpc) is 2.74. The summed E-state index contributed by atoms with van der Waals surface area (Å²) in [4.78, 5) is 12.0. The molecule has 3 aromatic rings. The standard InChI is InChI=1S/C23H24N2O3/c26-23(18-24-17-19-7-3-1-4-8-19)25-20-11-13-22(14-12-20)28-16-15-27-21-9-5-2-6-10-21/h1-14,24H,15-18H2,(H,25,26). The molecule has 0 aliphatic carbocycles. The van der Waals surface area contributed by atoms with Crippen LogP contribution in [0.5, 0.6) is 11.5 Å². The van der Waals surface area contributed by atoms with Gasteiger partial charge >= 0.3 is 0 Å². The molecule has 3 rings (SSSR count). The first kappa shape index (κ1) is 19.5. The zero-order valence-electron chi connectivity index (χ0n) is 15.6. The van der Waals surface area contributed by atoms with Crippen LogP contribution in [0.1, 0.15) is 5.56 Å². The second-order valence-electron chi connectivity index (χ2n) is 6.17. The van der Waals surface area contributed by atoms with Crippen LogP contribution in [0.15, 0.2) is 84.9 Å². The molecule has 0 aliphatic heterocycles. The van der Waals surface area contributed by atoms with Crippen LogP contribution < -0.4 is 20.1 Å². The Morgan fingerprint density at radius 1 is 0.714 bits per heavy atom. The molecule has 144 valence electrons. The van der Waals surface area contributed by atoms with Crippen molar-refractivity contribution in [1.82, 2.24) is 5.32 Å². The minimum Gasteiger partial charge on any atom is -0.490 e. The number of nitrogens with one attached hydrogen (secondary N) is 2. The molecule has 0 saturated carbocycles. The van der Waals surface area contributed by atoms with Crippen LogP contribution in [0.3, 0.4) is 0 Å². The minimum atomic E-state index is -0.0825. The van der Waals surface area contributed by atoms with Gasteiger partial charge in [0, 0.05) is 12.2 Å². The van der Waals surface area contributed by atoms with E-state index in [-0.39, 0.29) is 12.5 Å². The molecule has 5 heteroatoms. The molecular weight excluding hydrogens is 352 g/mol. The topological polar surface area (TPSA) is 59.6 Å². The van der Waals surface area contributed by atoms with Crippen LogP contribution in [0.2, 0.25) is 0 Å². The van der Waals surface area contributed by atoms with Crippen LogP contribution in [-0.4, -0.2) is 25.7 Å². The molecule has 1 amide bonds. The first-order valence-corrected chi connectivity index (χ1v) is 9.25. The predicted molar refractivity (Wildman–Crippen MR) is 111 cm³/mol. The van der Waals surface area contributed by atoms with E-state index >= 15 is 0 Å². The number of carbonyl (C=O) groups excluding carboxylic acids is 1. The van der Waals surface area contributed by atoms with E-state index in [1.165, 1.54) is 0 Å². The van der Waals surface area contributed by atoms with Crippen molar-refractivity contribution in [2.75, 3.05) is 25.1 Å². The molecule has 0 bridgehead atoms. The highest BCUT2D eigenvalue weighted by Gasteiger charge is 2.03. The number of hydrogen-bond acceptors (Lipinski definition) is 4. The van der Waals surface area contributed by atoms with Gasteiger partial charge in [0.1, 0.15) is 24.7 Å². The summed E-state index contributed by atoms with van der Waals surface area (Å²) in [6, 6.07) is 26.9. The summed E-state index contributed by atoms with van der Waals surface area (Å²) in [5.41, 5.74) is 1.88. The Kier molecular flexibility index (Phi) is 7.46. The fourth-order valence-electron chi connectivity index (χ4n) is 2.59. The Labute approximate surface area is 165 Å². The number of hydrogen-bond donors (Lipinski definition) is 2. The number of rotatable bonds is 10. The molecule has 28 heavy (non-hydrogen) atoms. The summed E-state index contributed by atoms with van der Waals surface area (Å²) in [6.45, 7) is 1.83. The number of amides is 1. The highest BCUT2D eigenvalue weighted by Crippen LogP contribution is 2.16. The lowest BCUT2D eigenvalue weighted by Crippen LogP contribution is -2.27. The van der Waals surface area contributed by atoms with E-state index in [1.807, 2.05) is 84.9 Å². The number of benzene rings is 3. The zero-order valence-corrected chi connectivity index (χ0v) is 15.6. The van der Waals surface area contributed by atoms with Crippen LogP contribution in [0, 0.1) is 0 Å². The lowest BCUT2D eigenvalue weighted by molar-refractivity contribution is -0.115. The van der Waals surface area contributed by atoms with Crippen molar-refractivity contribution < 1.29 is 14.3 Å². The summed E-state index contributed by atoms with van der Waals surface area (Å²) in [5, 5.41) is 5.99. The van der Waals surface area contributed by atoms with Gasteiger partial charge in [0.2, 0.25) is 5.91 Å². The van der Waals surface area contributed by atoms with Crippen molar-refractivity contribution in [3.05, 3.63) is 90.5 Å². The van der Waals surface area contributed by atoms with Gasteiger partial charge in [0.25, 0.3) is 0 Å². The van der Waals surface area contributed by atoms with Crippen LogP contribution in [-0.2, 0) is 11.3 Å². The fourth-order valence-corrected chi connectivity index (χ4v) is 2.59. The molecule has 0 aromatic heterocycles. The molecule has 0 atom stereocenters. The van der Waals surface area contributed by atoms with Gasteiger partial charge in [-0.25, -0.2) is 0 Å². The van der Waals surface area contributed by atoms with Crippen molar-refractivity contribution >= 4 is 11.6 Å². The van der Waals surface area contributed by atoms with E-state index in [0.29, 0.717) is 19.8 Å². The van der Waals surface area contributed by atoms with Crippen LogP contribution in [0.25, 0.3) is 0 Å². The molecule has 0 spiro atoms. The Morgan fingerprint density at radius 3 is 1.93 bits per heavy atom. The lowest BCUT2D eigenvalue weighted by atomic mass is 10.2. The van der Waals surface area contributed by atoms with Gasteiger partial charge in [0.05, 0.1) is 6.54 Å². The highest BCUT2D eigenvalue weighted by molar-refractivity contribution is 5.92. The minimum absolute atomic E-state index is 0.0825. The monoisotopic (exact) mass is 376 g/mol. The third-order valence-corrected chi connectivity index (χ3v) is 3.96. The summed E-state index contributed by atoms with van der Waals surface area (Å²) in [5.74, 6) is 1.47. The van der Waals surface area contributed by atoms with Gasteiger partial charge in [-0.1, -0.05) is 48.5 Å². The number of carbonyl (C=O) groups is 1. The predicted octanol–water partition coefficient (Wildman–Crippen LogP) is 3.87. The Bertz CT molecular complexity index is 837. The lowest BCUT2D eigenvalue weighted by Gasteiger charge is -2.10. The van der Waals surface area contributed by atoms with E-state index in [1.54, 1.807) is 0 Å². The van der Waals surface area contributed by atoms with E-state index in [0.717, 1.165) is 22.7 Å². The maximum Gasteiger partial charge on any atom is 0.238 e. The van der Waals surface area contributed by atoms with E-state index in [9.17, 15) is 4.79 Å². The van der Waals surface area contributed by atoms with Gasteiger partial charge in [-0.15, -0.1) is 0 Å². The molecule has 2 N–H and O–H groups in total. The molecular formula is C23H24N2O3. The summed E-state index contributed by atoms with van der Waals surface area (Å²) >= 11 is 0. The first-order valence-electron chi connectivity index (χ1n) is 9.25. The van der Waals surface area contributed by atoms with E-state index < -0.39 is 0 Å². The van der Waals surface area contributed by atoms with Crippen molar-refractivity contribution in [3.8, 4) is 11.5 Å². The average molecular weight is 376 g/mol. The van der Waals surface area contributed by atoms with Crippen LogP contribution in [0.4, 0.5) is 5.69 Å². The Hall–Kier alpha value is -3.31. The largest absolute Gasteiger partial charge is 0.490 e. The van der Waals surface area contributed by atoms with Crippen molar-refractivity contribution in [3.63, 3.8) is 0 Å². The van der Waals surface area contributed by atoms with Gasteiger partial charge in [0.15, 0.2) is 0 Å².